The van der Waals surface area contributed by atoms with E-state index >= 15 is 0 Å². The molecular weight excluding hydrogens is 206 g/mol. The second-order valence-corrected chi connectivity index (χ2v) is 3.24. The minimum atomic E-state index is -0.774. The molecule has 0 aliphatic rings. The zero-order valence-electron chi connectivity index (χ0n) is 4.33. The van der Waals surface area contributed by atoms with Crippen LogP contribution in [-0.2, 0) is 0 Å². The van der Waals surface area contributed by atoms with Crippen molar-refractivity contribution in [3.63, 3.8) is 0 Å². The summed E-state index contributed by atoms with van der Waals surface area (Å²) >= 11 is 5.28. The van der Waals surface area contributed by atoms with Crippen LogP contribution in [0, 0.1) is 0 Å². The van der Waals surface area contributed by atoms with E-state index in [9.17, 15) is 4.79 Å². The molecular formula is C5H3ClO2Se. The molecule has 1 aromatic heterocycles. The van der Waals surface area contributed by atoms with Crippen LogP contribution in [0.15, 0.2) is 15.9 Å². The molecule has 4 heteroatoms. The van der Waals surface area contributed by atoms with Crippen LogP contribution in [0.25, 0.3) is 0 Å². The monoisotopic (exact) mass is 210 g/mol. The Kier molecular flexibility index (Phi) is 2.34. The normalized spacial score (nSPS) is 9.00. The molecule has 0 amide bonds. The standard InChI is InChI=1S/C5H3ClO2Se/c6-5(7)8-4-1-2-9-3-4/h1-3H. The molecule has 0 fully saturated rings. The van der Waals surface area contributed by atoms with Crippen LogP contribution in [0.1, 0.15) is 0 Å². The molecule has 0 saturated carbocycles. The number of hydrogen-bond acceptors (Lipinski definition) is 2. The van der Waals surface area contributed by atoms with E-state index in [1.54, 1.807) is 6.07 Å². The van der Waals surface area contributed by atoms with Crippen LogP contribution in [0.3, 0.4) is 0 Å². The molecule has 0 aliphatic heterocycles. The average Bonchev–Trinajstić information content (AvgIpc) is 2.15. The summed E-state index contributed by atoms with van der Waals surface area (Å²) in [5, 5.41) is 0. The number of carbonyl (C=O) groups is 1. The summed E-state index contributed by atoms with van der Waals surface area (Å²) in [5.41, 5.74) is -0.774. The van der Waals surface area contributed by atoms with Crippen molar-refractivity contribution in [2.75, 3.05) is 0 Å². The molecule has 48 valence electrons. The Labute approximate surface area is 63.1 Å². The van der Waals surface area contributed by atoms with E-state index in [1.807, 2.05) is 9.88 Å². The van der Waals surface area contributed by atoms with Crippen LogP contribution < -0.4 is 4.74 Å². The fraction of sp³-hybridized carbons (Fsp3) is 0. The number of rotatable bonds is 1. The quantitative estimate of drug-likeness (QED) is 0.517. The third kappa shape index (κ3) is 2.22. The zero-order chi connectivity index (χ0) is 6.69. The van der Waals surface area contributed by atoms with Gasteiger partial charge >= 0.3 is 62.8 Å². The maximum absolute atomic E-state index is 10.1. The van der Waals surface area contributed by atoms with Gasteiger partial charge in [0.25, 0.3) is 0 Å². The van der Waals surface area contributed by atoms with Gasteiger partial charge in [0.15, 0.2) is 0 Å². The first-order valence-corrected chi connectivity index (χ1v) is 4.54. The minimum absolute atomic E-state index is 0.349. The van der Waals surface area contributed by atoms with E-state index in [0.29, 0.717) is 20.3 Å². The summed E-state index contributed by atoms with van der Waals surface area (Å²) in [7, 11) is 0. The van der Waals surface area contributed by atoms with Crippen LogP contribution in [-0.4, -0.2) is 19.9 Å². The third-order valence-corrected chi connectivity index (χ3v) is 2.16. The van der Waals surface area contributed by atoms with Crippen molar-refractivity contribution < 1.29 is 9.53 Å². The predicted octanol–water partition coefficient (Wildman–Crippen LogP) is 1.48. The molecule has 0 radical (unpaired) electrons. The fourth-order valence-electron chi connectivity index (χ4n) is 0.403. The van der Waals surface area contributed by atoms with Crippen LogP contribution >= 0.6 is 11.6 Å². The predicted molar refractivity (Wildman–Crippen MR) is 35.3 cm³/mol. The van der Waals surface area contributed by atoms with Gasteiger partial charge in [-0.25, -0.2) is 0 Å². The Hall–Kier alpha value is -0.241. The molecule has 0 saturated heterocycles. The number of halogens is 1. The zero-order valence-corrected chi connectivity index (χ0v) is 6.80. The molecule has 9 heavy (non-hydrogen) atoms. The molecule has 0 aromatic carbocycles. The maximum atomic E-state index is 10.1. The van der Waals surface area contributed by atoms with E-state index < -0.39 is 5.43 Å². The molecule has 0 bridgehead atoms. The molecule has 1 heterocycles. The average molecular weight is 209 g/mol. The summed E-state index contributed by atoms with van der Waals surface area (Å²) in [5.74, 6) is 0.565. The Balaban J connectivity index is 2.58. The molecule has 1 rings (SSSR count). The Morgan fingerprint density at radius 2 is 2.56 bits per heavy atom. The first kappa shape index (κ1) is 6.87. The molecule has 1 aromatic rings. The number of carbonyl (C=O) groups excluding carboxylic acids is 1. The van der Waals surface area contributed by atoms with Crippen LogP contribution in [0.2, 0.25) is 0 Å². The Morgan fingerprint density at radius 3 is 3.00 bits per heavy atom. The van der Waals surface area contributed by atoms with E-state index in [0.717, 1.165) is 0 Å². The molecule has 2 nitrogen and oxygen atoms in total. The van der Waals surface area contributed by atoms with Gasteiger partial charge in [-0.1, -0.05) is 0 Å². The van der Waals surface area contributed by atoms with E-state index in [-0.39, 0.29) is 0 Å². The van der Waals surface area contributed by atoms with Crippen LogP contribution in [0.5, 0.6) is 5.75 Å². The first-order valence-electron chi connectivity index (χ1n) is 2.18. The fourth-order valence-corrected chi connectivity index (χ4v) is 1.65. The van der Waals surface area contributed by atoms with Crippen molar-refractivity contribution in [2.45, 2.75) is 0 Å². The SMILES string of the molecule is O=C(Cl)Oc1cc[se]c1. The third-order valence-electron chi connectivity index (χ3n) is 0.693. The Bertz CT molecular complexity index is 195. The van der Waals surface area contributed by atoms with Gasteiger partial charge in [0.2, 0.25) is 0 Å². The van der Waals surface area contributed by atoms with Crippen LogP contribution in [0.4, 0.5) is 4.79 Å². The first-order chi connectivity index (χ1) is 4.29. The number of hydrogen-bond donors (Lipinski definition) is 0. The van der Waals surface area contributed by atoms with Crippen molar-refractivity contribution in [3.05, 3.63) is 15.9 Å². The van der Waals surface area contributed by atoms with Gasteiger partial charge < -0.3 is 0 Å². The van der Waals surface area contributed by atoms with Crippen molar-refractivity contribution >= 4 is 31.5 Å². The van der Waals surface area contributed by atoms with Crippen molar-refractivity contribution in [1.29, 1.82) is 0 Å². The van der Waals surface area contributed by atoms with Crippen molar-refractivity contribution in [1.82, 2.24) is 0 Å². The van der Waals surface area contributed by atoms with Gasteiger partial charge in [0, 0.05) is 0 Å². The molecule has 0 N–H and O–H groups in total. The summed E-state index contributed by atoms with van der Waals surface area (Å²) < 4.78 is 4.53. The topological polar surface area (TPSA) is 26.3 Å². The van der Waals surface area contributed by atoms with E-state index in [2.05, 4.69) is 4.74 Å². The second kappa shape index (κ2) is 3.06. The molecule has 0 atom stereocenters. The number of ether oxygens (including phenoxy) is 1. The van der Waals surface area contributed by atoms with Crippen molar-refractivity contribution in [2.24, 2.45) is 0 Å². The van der Waals surface area contributed by atoms with Gasteiger partial charge in [-0.3, -0.25) is 0 Å². The second-order valence-electron chi connectivity index (χ2n) is 1.30. The summed E-state index contributed by atoms with van der Waals surface area (Å²) in [4.78, 5) is 13.9. The Morgan fingerprint density at radius 1 is 1.78 bits per heavy atom. The molecule has 0 spiro atoms. The molecule has 0 aliphatic carbocycles. The molecule has 0 unspecified atom stereocenters. The van der Waals surface area contributed by atoms with Gasteiger partial charge in [-0.15, -0.1) is 0 Å². The summed E-state index contributed by atoms with van der Waals surface area (Å²) in [6, 6.07) is 1.74. The van der Waals surface area contributed by atoms with Crippen molar-refractivity contribution in [3.8, 4) is 5.75 Å². The summed E-state index contributed by atoms with van der Waals surface area (Å²) in [6.07, 6.45) is 0. The van der Waals surface area contributed by atoms with Gasteiger partial charge in [-0.05, 0) is 0 Å². The van der Waals surface area contributed by atoms with E-state index in [4.69, 9.17) is 11.6 Å². The van der Waals surface area contributed by atoms with Gasteiger partial charge in [-0.2, -0.15) is 0 Å². The van der Waals surface area contributed by atoms with Gasteiger partial charge in [0.05, 0.1) is 0 Å². The van der Waals surface area contributed by atoms with E-state index in [1.165, 1.54) is 0 Å². The van der Waals surface area contributed by atoms with Gasteiger partial charge in [0.1, 0.15) is 0 Å². The summed E-state index contributed by atoms with van der Waals surface area (Å²) in [6.45, 7) is 0.